The Morgan fingerprint density at radius 2 is 1.06 bits per heavy atom. The van der Waals surface area contributed by atoms with Crippen LogP contribution in [0.25, 0.3) is 81.1 Å². The van der Waals surface area contributed by atoms with Crippen LogP contribution in [0.3, 0.4) is 0 Å². The highest BCUT2D eigenvalue weighted by Crippen LogP contribution is 2.43. The van der Waals surface area contributed by atoms with Crippen LogP contribution in [0.5, 0.6) is 0 Å². The summed E-state index contributed by atoms with van der Waals surface area (Å²) in [6, 6.07) is 69.7. The summed E-state index contributed by atoms with van der Waals surface area (Å²) in [7, 11) is 0. The van der Waals surface area contributed by atoms with E-state index in [-0.39, 0.29) is 0 Å². The van der Waals surface area contributed by atoms with E-state index in [9.17, 15) is 0 Å². The molecule has 0 radical (unpaired) electrons. The minimum Gasteiger partial charge on any atom is -0.456 e. The number of rotatable bonds is 6. The average molecular weight is 709 g/mol. The number of para-hydroxylation sites is 2. The Hall–Kier alpha value is -6.88. The zero-order chi connectivity index (χ0) is 35.6. The number of anilines is 3. The van der Waals surface area contributed by atoms with E-state index in [2.05, 4.69) is 198 Å². The summed E-state index contributed by atoms with van der Waals surface area (Å²) in [5, 5.41) is 5.99. The topological polar surface area (TPSA) is 21.3 Å². The molecule has 8 aromatic carbocycles. The molecular weight excluding hydrogens is 677 g/mol. The lowest BCUT2D eigenvalue weighted by atomic mass is 10.0. The standard InChI is InChI=1S/C50H32N2OS/c1-2-10-33(11-3-1)34-18-22-37(23-19-34)51(38-24-20-35(21-25-38)48-32-36-12-4-9-17-47(36)54-48)39-26-28-40(29-27-39)52-44-15-7-5-13-41(44)42-30-31-46-49(50(42)52)43-14-6-8-16-45(43)53-46/h1-32H. The van der Waals surface area contributed by atoms with Crippen molar-refractivity contribution in [3.63, 3.8) is 0 Å². The first-order valence-corrected chi connectivity index (χ1v) is 19.1. The van der Waals surface area contributed by atoms with Crippen molar-refractivity contribution in [3.05, 3.63) is 194 Å². The molecule has 0 aliphatic heterocycles. The molecule has 4 heteroatoms. The van der Waals surface area contributed by atoms with E-state index >= 15 is 0 Å². The molecular formula is C50H32N2OS. The number of furan rings is 1. The van der Waals surface area contributed by atoms with Gasteiger partial charge in [-0.05, 0) is 107 Å². The third-order valence-electron chi connectivity index (χ3n) is 10.6. The van der Waals surface area contributed by atoms with Crippen molar-refractivity contribution >= 4 is 82.2 Å². The first kappa shape index (κ1) is 30.7. The van der Waals surface area contributed by atoms with Gasteiger partial charge in [-0.3, -0.25) is 0 Å². The fraction of sp³-hybridized carbons (Fsp3) is 0. The van der Waals surface area contributed by atoms with E-state index in [0.29, 0.717) is 0 Å². The number of benzene rings is 8. The maximum absolute atomic E-state index is 6.37. The fourth-order valence-corrected chi connectivity index (χ4v) is 9.13. The molecule has 11 aromatic rings. The average Bonchev–Trinajstić information content (AvgIpc) is 3.94. The van der Waals surface area contributed by atoms with E-state index in [0.717, 1.165) is 50.2 Å². The summed E-state index contributed by atoms with van der Waals surface area (Å²) >= 11 is 1.84. The molecule has 11 rings (SSSR count). The number of hydrogen-bond donors (Lipinski definition) is 0. The van der Waals surface area contributed by atoms with Crippen molar-refractivity contribution in [1.82, 2.24) is 4.57 Å². The van der Waals surface area contributed by atoms with Gasteiger partial charge in [0.25, 0.3) is 0 Å². The monoisotopic (exact) mass is 708 g/mol. The zero-order valence-electron chi connectivity index (χ0n) is 29.2. The zero-order valence-corrected chi connectivity index (χ0v) is 30.0. The van der Waals surface area contributed by atoms with Crippen molar-refractivity contribution < 1.29 is 4.42 Å². The third-order valence-corrected chi connectivity index (χ3v) is 11.8. The maximum atomic E-state index is 6.37. The Labute approximate surface area is 316 Å². The van der Waals surface area contributed by atoms with Crippen LogP contribution in [0.1, 0.15) is 0 Å². The van der Waals surface area contributed by atoms with Gasteiger partial charge in [-0.2, -0.15) is 0 Å². The summed E-state index contributed by atoms with van der Waals surface area (Å²) in [6.45, 7) is 0. The molecule has 54 heavy (non-hydrogen) atoms. The summed E-state index contributed by atoms with van der Waals surface area (Å²) < 4.78 is 10.1. The second kappa shape index (κ2) is 12.4. The van der Waals surface area contributed by atoms with Crippen molar-refractivity contribution in [3.8, 4) is 27.3 Å². The first-order valence-electron chi connectivity index (χ1n) is 18.3. The van der Waals surface area contributed by atoms with Crippen LogP contribution in [0, 0.1) is 0 Å². The van der Waals surface area contributed by atoms with Gasteiger partial charge < -0.3 is 13.9 Å². The van der Waals surface area contributed by atoms with Crippen LogP contribution >= 0.6 is 11.3 Å². The van der Waals surface area contributed by atoms with E-state index in [1.807, 2.05) is 17.4 Å². The van der Waals surface area contributed by atoms with Crippen LogP contribution in [-0.2, 0) is 0 Å². The molecule has 0 fully saturated rings. The second-order valence-corrected chi connectivity index (χ2v) is 14.8. The second-order valence-electron chi connectivity index (χ2n) is 13.7. The molecule has 0 aliphatic carbocycles. The Morgan fingerprint density at radius 1 is 0.444 bits per heavy atom. The molecule has 0 bridgehead atoms. The predicted octanol–water partition coefficient (Wildman–Crippen LogP) is 14.7. The smallest absolute Gasteiger partial charge is 0.137 e. The highest BCUT2D eigenvalue weighted by atomic mass is 32.1. The minimum atomic E-state index is 0.897. The molecule has 3 heterocycles. The van der Waals surface area contributed by atoms with Crippen LogP contribution in [0.2, 0.25) is 0 Å². The lowest BCUT2D eigenvalue weighted by Gasteiger charge is -2.26. The van der Waals surface area contributed by atoms with Crippen molar-refractivity contribution in [2.24, 2.45) is 0 Å². The van der Waals surface area contributed by atoms with Crippen molar-refractivity contribution in [2.45, 2.75) is 0 Å². The summed E-state index contributed by atoms with van der Waals surface area (Å²) in [4.78, 5) is 3.62. The van der Waals surface area contributed by atoms with Crippen LogP contribution in [0.4, 0.5) is 17.1 Å². The number of aromatic nitrogens is 1. The quantitative estimate of drug-likeness (QED) is 0.171. The Balaban J connectivity index is 1.05. The molecule has 0 saturated carbocycles. The van der Waals surface area contributed by atoms with Gasteiger partial charge in [0.15, 0.2) is 0 Å². The molecule has 3 nitrogen and oxygen atoms in total. The van der Waals surface area contributed by atoms with Crippen LogP contribution in [0.15, 0.2) is 199 Å². The van der Waals surface area contributed by atoms with Gasteiger partial charge >= 0.3 is 0 Å². The number of fused-ring (bicyclic) bond motifs is 8. The van der Waals surface area contributed by atoms with E-state index in [4.69, 9.17) is 4.42 Å². The highest BCUT2D eigenvalue weighted by Gasteiger charge is 2.20. The summed E-state index contributed by atoms with van der Waals surface area (Å²) in [6.07, 6.45) is 0. The van der Waals surface area contributed by atoms with Gasteiger partial charge in [0.05, 0.1) is 16.4 Å². The third kappa shape index (κ3) is 4.96. The number of thiophene rings is 1. The predicted molar refractivity (Wildman–Crippen MR) is 229 cm³/mol. The maximum Gasteiger partial charge on any atom is 0.137 e. The molecule has 0 N–H and O–H groups in total. The summed E-state index contributed by atoms with van der Waals surface area (Å²) in [5.41, 5.74) is 12.1. The van der Waals surface area contributed by atoms with E-state index in [1.54, 1.807) is 0 Å². The van der Waals surface area contributed by atoms with Crippen LogP contribution < -0.4 is 4.90 Å². The van der Waals surface area contributed by atoms with Gasteiger partial charge in [-0.15, -0.1) is 11.3 Å². The van der Waals surface area contributed by atoms with Crippen LogP contribution in [-0.4, -0.2) is 4.57 Å². The van der Waals surface area contributed by atoms with Crippen molar-refractivity contribution in [1.29, 1.82) is 0 Å². The SMILES string of the molecule is c1ccc(-c2ccc(N(c3ccc(-c4cc5ccccc5s4)cc3)c3ccc(-n4c5ccccc5c5ccc6oc7ccccc7c6c54)cc3)cc2)cc1. The lowest BCUT2D eigenvalue weighted by Crippen LogP contribution is -2.10. The number of hydrogen-bond acceptors (Lipinski definition) is 3. The molecule has 0 unspecified atom stereocenters. The van der Waals surface area contributed by atoms with Gasteiger partial charge in [-0.25, -0.2) is 0 Å². The molecule has 254 valence electrons. The van der Waals surface area contributed by atoms with Gasteiger partial charge in [0.2, 0.25) is 0 Å². The highest BCUT2D eigenvalue weighted by molar-refractivity contribution is 7.22. The minimum absolute atomic E-state index is 0.897. The normalized spacial score (nSPS) is 11.7. The molecule has 3 aromatic heterocycles. The molecule has 0 amide bonds. The van der Waals surface area contributed by atoms with Gasteiger partial charge in [0.1, 0.15) is 11.2 Å². The molecule has 0 spiro atoms. The summed E-state index contributed by atoms with van der Waals surface area (Å²) in [5.74, 6) is 0. The molecule has 0 aliphatic rings. The molecule has 0 saturated heterocycles. The van der Waals surface area contributed by atoms with Crippen molar-refractivity contribution in [2.75, 3.05) is 4.90 Å². The molecule has 0 atom stereocenters. The Kier molecular flexibility index (Phi) is 7.04. The Bertz CT molecular complexity index is 3100. The van der Waals surface area contributed by atoms with E-state index < -0.39 is 0 Å². The first-order chi connectivity index (χ1) is 26.8. The Morgan fingerprint density at radius 3 is 1.81 bits per heavy atom. The van der Waals surface area contributed by atoms with Gasteiger partial charge in [-0.1, -0.05) is 109 Å². The largest absolute Gasteiger partial charge is 0.456 e. The van der Waals surface area contributed by atoms with E-state index in [1.165, 1.54) is 47.9 Å². The number of nitrogens with zero attached hydrogens (tertiary/aromatic N) is 2. The fourth-order valence-electron chi connectivity index (χ4n) is 8.06. The lowest BCUT2D eigenvalue weighted by molar-refractivity contribution is 0.669. The van der Waals surface area contributed by atoms with Gasteiger partial charge in [0, 0.05) is 48.5 Å².